The van der Waals surface area contributed by atoms with Gasteiger partial charge in [0.2, 0.25) is 0 Å². The third-order valence-electron chi connectivity index (χ3n) is 2.82. The molecule has 0 spiro atoms. The van der Waals surface area contributed by atoms with Crippen molar-refractivity contribution in [1.29, 1.82) is 0 Å². The van der Waals surface area contributed by atoms with E-state index in [1.54, 1.807) is 0 Å². The van der Waals surface area contributed by atoms with Crippen molar-refractivity contribution in [3.05, 3.63) is 36.0 Å². The lowest BCUT2D eigenvalue weighted by Gasteiger charge is -2.00. The average molecular weight is 268 g/mol. The summed E-state index contributed by atoms with van der Waals surface area (Å²) in [6.45, 7) is 0.113. The highest BCUT2D eigenvalue weighted by Gasteiger charge is 2.06. The molecule has 0 saturated heterocycles. The molecular formula is C12H16N2O3S. The number of rotatable bonds is 5. The van der Waals surface area contributed by atoms with E-state index in [2.05, 4.69) is 27.1 Å². The molecule has 2 rings (SSSR count). The fraction of sp³-hybridized carbons (Fsp3) is 0.333. The standard InChI is InChI=1S/C12H16N2O3S/c1-14-9-10(5-4-8-17-18(13,15)16)11-6-2-3-7-12(11)14/h2-3,6-7,9H,4-5,8H2,1H3,(H2,13,15,16). The molecule has 0 aliphatic heterocycles. The number of benzene rings is 1. The first-order chi connectivity index (χ1) is 8.47. The predicted octanol–water partition coefficient (Wildman–Crippen LogP) is 1.33. The van der Waals surface area contributed by atoms with E-state index in [1.807, 2.05) is 19.2 Å². The Balaban J connectivity index is 2.04. The first kappa shape index (κ1) is 13.1. The normalized spacial score (nSPS) is 12.1. The summed E-state index contributed by atoms with van der Waals surface area (Å²) in [6, 6.07) is 8.10. The molecule has 2 N–H and O–H groups in total. The Morgan fingerprint density at radius 2 is 2.06 bits per heavy atom. The van der Waals surface area contributed by atoms with E-state index in [0.717, 1.165) is 6.42 Å². The smallest absolute Gasteiger partial charge is 0.333 e. The zero-order valence-electron chi connectivity index (χ0n) is 10.2. The summed E-state index contributed by atoms with van der Waals surface area (Å²) in [5.74, 6) is 0. The van der Waals surface area contributed by atoms with Gasteiger partial charge in [-0.3, -0.25) is 4.18 Å². The molecule has 98 valence electrons. The van der Waals surface area contributed by atoms with Crippen LogP contribution in [0.2, 0.25) is 0 Å². The van der Waals surface area contributed by atoms with E-state index in [1.165, 1.54) is 16.5 Å². The molecular weight excluding hydrogens is 252 g/mol. The van der Waals surface area contributed by atoms with E-state index < -0.39 is 10.3 Å². The molecule has 0 bridgehead atoms. The van der Waals surface area contributed by atoms with Crippen LogP contribution in [0.5, 0.6) is 0 Å². The quantitative estimate of drug-likeness (QED) is 0.831. The van der Waals surface area contributed by atoms with Crippen LogP contribution in [0.4, 0.5) is 0 Å². The maximum absolute atomic E-state index is 10.6. The Morgan fingerprint density at radius 1 is 1.33 bits per heavy atom. The molecule has 0 radical (unpaired) electrons. The van der Waals surface area contributed by atoms with Crippen LogP contribution in [0, 0.1) is 0 Å². The van der Waals surface area contributed by atoms with E-state index in [4.69, 9.17) is 5.14 Å². The molecule has 0 aliphatic rings. The maximum atomic E-state index is 10.6. The van der Waals surface area contributed by atoms with Gasteiger partial charge in [-0.05, 0) is 24.5 Å². The van der Waals surface area contributed by atoms with Crippen molar-refractivity contribution >= 4 is 21.2 Å². The van der Waals surface area contributed by atoms with Crippen LogP contribution in [0.15, 0.2) is 30.5 Å². The van der Waals surface area contributed by atoms with Gasteiger partial charge < -0.3 is 4.57 Å². The van der Waals surface area contributed by atoms with E-state index >= 15 is 0 Å². The van der Waals surface area contributed by atoms with Crippen LogP contribution in [-0.2, 0) is 28.0 Å². The molecule has 0 aliphatic carbocycles. The van der Waals surface area contributed by atoms with E-state index in [9.17, 15) is 8.42 Å². The summed E-state index contributed by atoms with van der Waals surface area (Å²) < 4.78 is 27.8. The van der Waals surface area contributed by atoms with Gasteiger partial charge in [0.1, 0.15) is 0 Å². The molecule has 1 aromatic heterocycles. The van der Waals surface area contributed by atoms with Crippen LogP contribution in [0.25, 0.3) is 10.9 Å². The highest BCUT2D eigenvalue weighted by Crippen LogP contribution is 2.21. The van der Waals surface area contributed by atoms with Crippen LogP contribution in [0.1, 0.15) is 12.0 Å². The van der Waals surface area contributed by atoms with Crippen LogP contribution in [0.3, 0.4) is 0 Å². The van der Waals surface area contributed by atoms with Gasteiger partial charge in [-0.2, -0.15) is 8.42 Å². The third-order valence-corrected chi connectivity index (χ3v) is 3.31. The van der Waals surface area contributed by atoms with Crippen molar-refractivity contribution in [1.82, 2.24) is 4.57 Å². The number of hydrogen-bond donors (Lipinski definition) is 1. The number of nitrogens with zero attached hydrogens (tertiary/aromatic N) is 1. The van der Waals surface area contributed by atoms with Gasteiger partial charge >= 0.3 is 10.3 Å². The van der Waals surface area contributed by atoms with Crippen LogP contribution >= 0.6 is 0 Å². The van der Waals surface area contributed by atoms with Gasteiger partial charge in [0, 0.05) is 24.1 Å². The van der Waals surface area contributed by atoms with Gasteiger partial charge in [-0.15, -0.1) is 0 Å². The van der Waals surface area contributed by atoms with Crippen molar-refractivity contribution in [2.75, 3.05) is 6.61 Å². The molecule has 0 fully saturated rings. The Kier molecular flexibility index (Phi) is 3.70. The summed E-state index contributed by atoms with van der Waals surface area (Å²) in [5.41, 5.74) is 2.35. The summed E-state index contributed by atoms with van der Waals surface area (Å²) in [7, 11) is -1.83. The maximum Gasteiger partial charge on any atom is 0.333 e. The fourth-order valence-electron chi connectivity index (χ4n) is 2.06. The summed E-state index contributed by atoms with van der Waals surface area (Å²) in [4.78, 5) is 0. The van der Waals surface area contributed by atoms with Crippen LogP contribution in [-0.4, -0.2) is 19.6 Å². The number of nitrogens with two attached hydrogens (primary N) is 1. The number of aromatic nitrogens is 1. The van der Waals surface area contributed by atoms with Crippen molar-refractivity contribution < 1.29 is 12.6 Å². The number of aryl methyl sites for hydroxylation is 2. The van der Waals surface area contributed by atoms with Crippen molar-refractivity contribution in [2.45, 2.75) is 12.8 Å². The molecule has 6 heteroatoms. The number of fused-ring (bicyclic) bond motifs is 1. The minimum atomic E-state index is -3.82. The lowest BCUT2D eigenvalue weighted by atomic mass is 10.1. The van der Waals surface area contributed by atoms with Gasteiger partial charge in [0.05, 0.1) is 6.61 Å². The Bertz CT molecular complexity index is 646. The Hall–Kier alpha value is -1.37. The van der Waals surface area contributed by atoms with E-state index in [0.29, 0.717) is 6.42 Å². The molecule has 1 aromatic carbocycles. The molecule has 0 unspecified atom stereocenters. The zero-order chi connectivity index (χ0) is 13.2. The van der Waals surface area contributed by atoms with Gasteiger partial charge in [0.25, 0.3) is 0 Å². The highest BCUT2D eigenvalue weighted by molar-refractivity contribution is 7.84. The molecule has 0 atom stereocenters. The number of hydrogen-bond acceptors (Lipinski definition) is 3. The SMILES string of the molecule is Cn1cc(CCCOS(N)(=O)=O)c2ccccc21. The summed E-state index contributed by atoms with van der Waals surface area (Å²) >= 11 is 0. The highest BCUT2D eigenvalue weighted by atomic mass is 32.2. The Morgan fingerprint density at radius 3 is 2.78 bits per heavy atom. The number of para-hydroxylation sites is 1. The molecule has 18 heavy (non-hydrogen) atoms. The summed E-state index contributed by atoms with van der Waals surface area (Å²) in [6.07, 6.45) is 3.43. The van der Waals surface area contributed by atoms with Crippen molar-refractivity contribution in [3.63, 3.8) is 0 Å². The van der Waals surface area contributed by atoms with Crippen molar-refractivity contribution in [3.8, 4) is 0 Å². The topological polar surface area (TPSA) is 74.3 Å². The summed E-state index contributed by atoms with van der Waals surface area (Å²) in [5, 5.41) is 5.95. The molecule has 5 nitrogen and oxygen atoms in total. The third kappa shape index (κ3) is 3.10. The van der Waals surface area contributed by atoms with E-state index in [-0.39, 0.29) is 6.61 Å². The monoisotopic (exact) mass is 268 g/mol. The molecule has 0 saturated carbocycles. The second-order valence-electron chi connectivity index (χ2n) is 4.20. The van der Waals surface area contributed by atoms with Gasteiger partial charge in [0.15, 0.2) is 0 Å². The molecule has 1 heterocycles. The van der Waals surface area contributed by atoms with Crippen molar-refractivity contribution in [2.24, 2.45) is 12.2 Å². The second kappa shape index (κ2) is 5.09. The minimum Gasteiger partial charge on any atom is -0.350 e. The minimum absolute atomic E-state index is 0.113. The molecule has 0 amide bonds. The Labute approximate surface area is 106 Å². The molecule has 2 aromatic rings. The lowest BCUT2D eigenvalue weighted by Crippen LogP contribution is -2.16. The van der Waals surface area contributed by atoms with Gasteiger partial charge in [-0.1, -0.05) is 18.2 Å². The first-order valence-electron chi connectivity index (χ1n) is 5.67. The van der Waals surface area contributed by atoms with Gasteiger partial charge in [-0.25, -0.2) is 5.14 Å². The first-order valence-corrected chi connectivity index (χ1v) is 7.14. The largest absolute Gasteiger partial charge is 0.350 e. The predicted molar refractivity (Wildman–Crippen MR) is 70.3 cm³/mol. The lowest BCUT2D eigenvalue weighted by molar-refractivity contribution is 0.313. The zero-order valence-corrected chi connectivity index (χ0v) is 11.0. The fourth-order valence-corrected chi connectivity index (χ4v) is 2.41. The average Bonchev–Trinajstić information content (AvgIpc) is 2.62. The van der Waals surface area contributed by atoms with Crippen LogP contribution < -0.4 is 5.14 Å². The second-order valence-corrected chi connectivity index (χ2v) is 5.42.